The highest BCUT2D eigenvalue weighted by Gasteiger charge is 2.28. The fraction of sp³-hybridized carbons (Fsp3) is 0.900. The van der Waals surface area contributed by atoms with Gasteiger partial charge in [0.2, 0.25) is 5.91 Å². The molecule has 0 spiro atoms. The first kappa shape index (κ1) is 11.8. The maximum absolute atomic E-state index is 11.6. The molecule has 0 saturated carbocycles. The van der Waals surface area contributed by atoms with Crippen LogP contribution < -0.4 is 5.32 Å². The topological polar surface area (TPSA) is 38.3 Å². The van der Waals surface area contributed by atoms with Gasteiger partial charge in [-0.2, -0.15) is 0 Å². The number of ether oxygens (including phenoxy) is 1. The van der Waals surface area contributed by atoms with E-state index >= 15 is 0 Å². The van der Waals surface area contributed by atoms with E-state index in [1.54, 1.807) is 0 Å². The van der Waals surface area contributed by atoms with Crippen molar-refractivity contribution in [2.45, 2.75) is 38.8 Å². The van der Waals surface area contributed by atoms with E-state index in [2.05, 4.69) is 5.32 Å². The lowest BCUT2D eigenvalue weighted by Crippen LogP contribution is -2.37. The third kappa shape index (κ3) is 3.46. The summed E-state index contributed by atoms with van der Waals surface area (Å²) < 4.78 is 5.34. The Bertz CT molecular complexity index is 199. The smallest absolute Gasteiger partial charge is 0.225 e. The van der Waals surface area contributed by atoms with Crippen LogP contribution in [-0.4, -0.2) is 30.5 Å². The summed E-state index contributed by atoms with van der Waals surface area (Å²) >= 11 is 5.59. The summed E-state index contributed by atoms with van der Waals surface area (Å²) in [5.74, 6) is 0.716. The van der Waals surface area contributed by atoms with Gasteiger partial charge in [-0.05, 0) is 26.7 Å². The molecule has 1 aliphatic rings. The van der Waals surface area contributed by atoms with Crippen molar-refractivity contribution in [1.29, 1.82) is 0 Å². The van der Waals surface area contributed by atoms with Gasteiger partial charge in [0.1, 0.15) is 0 Å². The maximum atomic E-state index is 11.6. The zero-order valence-electron chi connectivity index (χ0n) is 8.75. The Balaban J connectivity index is 2.27. The van der Waals surface area contributed by atoms with Gasteiger partial charge in [0.15, 0.2) is 0 Å². The predicted octanol–water partition coefficient (Wildman–Crippen LogP) is 1.54. The Morgan fingerprint density at radius 1 is 1.71 bits per heavy atom. The van der Waals surface area contributed by atoms with Crippen LogP contribution in [0.2, 0.25) is 0 Å². The average molecular weight is 220 g/mol. The molecule has 0 aliphatic carbocycles. The SMILES string of the molecule is CC(CCCl)NC(=O)C1COC(C)C1. The molecule has 1 saturated heterocycles. The summed E-state index contributed by atoms with van der Waals surface area (Å²) in [5, 5.41) is 2.94. The molecule has 0 radical (unpaired) electrons. The molecular formula is C10H18ClNO2. The van der Waals surface area contributed by atoms with Gasteiger partial charge in [-0.3, -0.25) is 4.79 Å². The van der Waals surface area contributed by atoms with E-state index in [4.69, 9.17) is 16.3 Å². The van der Waals surface area contributed by atoms with Crippen LogP contribution in [0.1, 0.15) is 26.7 Å². The number of hydrogen-bond acceptors (Lipinski definition) is 2. The van der Waals surface area contributed by atoms with E-state index in [-0.39, 0.29) is 24.0 Å². The number of halogens is 1. The third-order valence-electron chi connectivity index (χ3n) is 2.50. The number of alkyl halides is 1. The highest BCUT2D eigenvalue weighted by molar-refractivity contribution is 6.17. The number of carbonyl (C=O) groups is 1. The van der Waals surface area contributed by atoms with Crippen molar-refractivity contribution in [2.24, 2.45) is 5.92 Å². The van der Waals surface area contributed by atoms with Crippen molar-refractivity contribution in [1.82, 2.24) is 5.32 Å². The number of carbonyl (C=O) groups excluding carboxylic acids is 1. The number of nitrogens with one attached hydrogen (secondary N) is 1. The number of hydrogen-bond donors (Lipinski definition) is 1. The minimum Gasteiger partial charge on any atom is -0.378 e. The third-order valence-corrected chi connectivity index (χ3v) is 2.72. The molecule has 0 aromatic heterocycles. The molecule has 1 N–H and O–H groups in total. The molecule has 82 valence electrons. The van der Waals surface area contributed by atoms with E-state index in [9.17, 15) is 4.79 Å². The average Bonchev–Trinajstić information content (AvgIpc) is 2.52. The quantitative estimate of drug-likeness (QED) is 0.729. The Kier molecular flexibility index (Phi) is 4.69. The molecule has 1 aliphatic heterocycles. The highest BCUT2D eigenvalue weighted by Crippen LogP contribution is 2.19. The second kappa shape index (κ2) is 5.56. The molecule has 1 heterocycles. The van der Waals surface area contributed by atoms with E-state index in [0.717, 1.165) is 12.8 Å². The van der Waals surface area contributed by atoms with Crippen LogP contribution in [-0.2, 0) is 9.53 Å². The number of rotatable bonds is 4. The normalized spacial score (nSPS) is 28.8. The second-order valence-corrected chi connectivity index (χ2v) is 4.34. The van der Waals surface area contributed by atoms with Crippen molar-refractivity contribution in [3.63, 3.8) is 0 Å². The lowest BCUT2D eigenvalue weighted by atomic mass is 10.1. The first-order chi connectivity index (χ1) is 6.63. The summed E-state index contributed by atoms with van der Waals surface area (Å²) in [6.45, 7) is 4.52. The summed E-state index contributed by atoms with van der Waals surface area (Å²) in [5.41, 5.74) is 0. The monoisotopic (exact) mass is 219 g/mol. The molecule has 14 heavy (non-hydrogen) atoms. The Labute approximate surface area is 90.1 Å². The lowest BCUT2D eigenvalue weighted by Gasteiger charge is -2.15. The molecule has 3 atom stereocenters. The van der Waals surface area contributed by atoms with Crippen LogP contribution in [0.4, 0.5) is 0 Å². The van der Waals surface area contributed by atoms with Crippen molar-refractivity contribution in [3.8, 4) is 0 Å². The number of amides is 1. The van der Waals surface area contributed by atoms with Crippen LogP contribution in [0.25, 0.3) is 0 Å². The van der Waals surface area contributed by atoms with Gasteiger partial charge in [0.05, 0.1) is 18.6 Å². The van der Waals surface area contributed by atoms with Gasteiger partial charge >= 0.3 is 0 Å². The van der Waals surface area contributed by atoms with Gasteiger partial charge in [-0.25, -0.2) is 0 Å². The maximum Gasteiger partial charge on any atom is 0.225 e. The molecule has 4 heteroatoms. The van der Waals surface area contributed by atoms with E-state index < -0.39 is 0 Å². The van der Waals surface area contributed by atoms with Crippen LogP contribution >= 0.6 is 11.6 Å². The highest BCUT2D eigenvalue weighted by atomic mass is 35.5. The van der Waals surface area contributed by atoms with Crippen molar-refractivity contribution in [3.05, 3.63) is 0 Å². The van der Waals surface area contributed by atoms with E-state index in [1.807, 2.05) is 13.8 Å². The Hall–Kier alpha value is -0.280. The minimum atomic E-state index is 0.0303. The van der Waals surface area contributed by atoms with Gasteiger partial charge in [-0.15, -0.1) is 11.6 Å². The lowest BCUT2D eigenvalue weighted by molar-refractivity contribution is -0.125. The fourth-order valence-corrected chi connectivity index (χ4v) is 1.92. The molecule has 0 bridgehead atoms. The predicted molar refractivity (Wildman–Crippen MR) is 56.5 cm³/mol. The molecule has 0 aromatic rings. The molecule has 3 unspecified atom stereocenters. The molecule has 0 aromatic carbocycles. The Morgan fingerprint density at radius 2 is 2.43 bits per heavy atom. The van der Waals surface area contributed by atoms with E-state index in [1.165, 1.54) is 0 Å². The van der Waals surface area contributed by atoms with Crippen molar-refractivity contribution < 1.29 is 9.53 Å². The zero-order chi connectivity index (χ0) is 10.6. The molecule has 1 rings (SSSR count). The summed E-state index contributed by atoms with van der Waals surface area (Å²) in [4.78, 5) is 11.6. The molecule has 1 amide bonds. The van der Waals surface area contributed by atoms with Crippen molar-refractivity contribution >= 4 is 17.5 Å². The van der Waals surface area contributed by atoms with Crippen molar-refractivity contribution in [2.75, 3.05) is 12.5 Å². The van der Waals surface area contributed by atoms with Gasteiger partial charge in [-0.1, -0.05) is 0 Å². The summed E-state index contributed by atoms with van der Waals surface area (Å²) in [6, 6.07) is 0.163. The first-order valence-electron chi connectivity index (χ1n) is 5.11. The summed E-state index contributed by atoms with van der Waals surface area (Å²) in [6.07, 6.45) is 1.87. The first-order valence-corrected chi connectivity index (χ1v) is 5.65. The summed E-state index contributed by atoms with van der Waals surface area (Å²) in [7, 11) is 0. The van der Waals surface area contributed by atoms with Gasteiger partial charge in [0, 0.05) is 11.9 Å². The largest absolute Gasteiger partial charge is 0.378 e. The minimum absolute atomic E-state index is 0.0303. The molecule has 1 fully saturated rings. The van der Waals surface area contributed by atoms with Crippen LogP contribution in [0, 0.1) is 5.92 Å². The zero-order valence-corrected chi connectivity index (χ0v) is 9.51. The molecule has 3 nitrogen and oxygen atoms in total. The van der Waals surface area contributed by atoms with Crippen LogP contribution in [0.5, 0.6) is 0 Å². The Morgan fingerprint density at radius 3 is 2.93 bits per heavy atom. The van der Waals surface area contributed by atoms with Gasteiger partial charge < -0.3 is 10.1 Å². The van der Waals surface area contributed by atoms with E-state index in [0.29, 0.717) is 12.5 Å². The molecular weight excluding hydrogens is 202 g/mol. The van der Waals surface area contributed by atoms with Crippen LogP contribution in [0.3, 0.4) is 0 Å². The fourth-order valence-electron chi connectivity index (χ4n) is 1.60. The van der Waals surface area contributed by atoms with Gasteiger partial charge in [0.25, 0.3) is 0 Å². The van der Waals surface area contributed by atoms with Crippen LogP contribution in [0.15, 0.2) is 0 Å². The standard InChI is InChI=1S/C10H18ClNO2/c1-7(3-4-11)12-10(13)9-5-8(2)14-6-9/h7-9H,3-6H2,1-2H3,(H,12,13). The second-order valence-electron chi connectivity index (χ2n) is 3.96.